The van der Waals surface area contributed by atoms with Crippen LogP contribution in [-0.2, 0) is 9.53 Å². The zero-order valence-electron chi connectivity index (χ0n) is 11.8. The molecule has 0 fully saturated rings. The van der Waals surface area contributed by atoms with Crippen LogP contribution in [-0.4, -0.2) is 5.97 Å². The predicted molar refractivity (Wildman–Crippen MR) is 88.3 cm³/mol. The number of carbonyl (C=O) groups excluding carboxylic acids is 1. The number of rotatable bonds is 4. The molecule has 0 saturated carbocycles. The molecular weight excluding hydrogens is 260 g/mol. The second-order valence-electron chi connectivity index (χ2n) is 3.96. The topological polar surface area (TPSA) is 26.3 Å². The number of esters is 1. The van der Waals surface area contributed by atoms with Crippen molar-refractivity contribution >= 4 is 18.1 Å². The highest BCUT2D eigenvalue weighted by Gasteiger charge is 1.91. The van der Waals surface area contributed by atoms with Gasteiger partial charge < -0.3 is 4.74 Å². The van der Waals surface area contributed by atoms with Gasteiger partial charge in [0, 0.05) is 6.08 Å². The van der Waals surface area contributed by atoms with E-state index in [9.17, 15) is 4.79 Å². The maximum absolute atomic E-state index is 10.8. The molecule has 0 bridgehead atoms. The smallest absolute Gasteiger partial charge is 0.335 e. The van der Waals surface area contributed by atoms with E-state index in [4.69, 9.17) is 0 Å². The van der Waals surface area contributed by atoms with E-state index >= 15 is 0 Å². The van der Waals surface area contributed by atoms with Gasteiger partial charge in [0.15, 0.2) is 0 Å². The van der Waals surface area contributed by atoms with Gasteiger partial charge in [0.1, 0.15) is 0 Å². The third-order valence-corrected chi connectivity index (χ3v) is 2.45. The minimum Gasteiger partial charge on any atom is -0.432 e. The third kappa shape index (κ3) is 7.33. The molecule has 0 amide bonds. The molecule has 106 valence electrons. The first-order valence-corrected chi connectivity index (χ1v) is 6.48. The van der Waals surface area contributed by atoms with E-state index in [1.165, 1.54) is 11.6 Å². The number of benzene rings is 2. The summed E-state index contributed by atoms with van der Waals surface area (Å²) >= 11 is 0. The zero-order valence-corrected chi connectivity index (χ0v) is 11.8. The third-order valence-electron chi connectivity index (χ3n) is 2.45. The SMILES string of the molecule is C=COC(=O)/C=C/c1ccccc1.C=Cc1ccccc1. The molecular formula is C19H18O2. The fourth-order valence-electron chi connectivity index (χ4n) is 1.44. The van der Waals surface area contributed by atoms with Crippen LogP contribution in [0.25, 0.3) is 12.2 Å². The van der Waals surface area contributed by atoms with Crippen molar-refractivity contribution in [2.45, 2.75) is 0 Å². The van der Waals surface area contributed by atoms with Crippen LogP contribution >= 0.6 is 0 Å². The average Bonchev–Trinajstić information content (AvgIpc) is 2.55. The van der Waals surface area contributed by atoms with E-state index in [-0.39, 0.29) is 0 Å². The van der Waals surface area contributed by atoms with Crippen molar-refractivity contribution in [2.24, 2.45) is 0 Å². The summed E-state index contributed by atoms with van der Waals surface area (Å²) in [6.45, 7) is 6.91. The summed E-state index contributed by atoms with van der Waals surface area (Å²) in [6.07, 6.45) is 5.99. The van der Waals surface area contributed by atoms with Gasteiger partial charge in [0.05, 0.1) is 6.26 Å². The number of ether oxygens (including phenoxy) is 1. The summed E-state index contributed by atoms with van der Waals surface area (Å²) in [6, 6.07) is 19.5. The van der Waals surface area contributed by atoms with Gasteiger partial charge in [-0.2, -0.15) is 0 Å². The molecule has 0 spiro atoms. The van der Waals surface area contributed by atoms with Gasteiger partial charge in [-0.1, -0.05) is 79.9 Å². The van der Waals surface area contributed by atoms with Crippen molar-refractivity contribution in [3.05, 3.63) is 97.3 Å². The fraction of sp³-hybridized carbons (Fsp3) is 0. The Morgan fingerprint density at radius 1 is 0.857 bits per heavy atom. The summed E-state index contributed by atoms with van der Waals surface area (Å²) in [5.74, 6) is -0.418. The largest absolute Gasteiger partial charge is 0.432 e. The van der Waals surface area contributed by atoms with Gasteiger partial charge in [0.2, 0.25) is 0 Å². The molecule has 0 radical (unpaired) electrons. The van der Waals surface area contributed by atoms with E-state index in [0.717, 1.165) is 11.8 Å². The molecule has 2 heteroatoms. The van der Waals surface area contributed by atoms with Crippen LogP contribution < -0.4 is 0 Å². The van der Waals surface area contributed by atoms with Gasteiger partial charge in [-0.3, -0.25) is 0 Å². The minimum absolute atomic E-state index is 0.418. The molecule has 0 aliphatic heterocycles. The second kappa shape index (κ2) is 9.98. The molecule has 0 unspecified atom stereocenters. The Labute approximate surface area is 125 Å². The molecule has 2 nitrogen and oxygen atoms in total. The van der Waals surface area contributed by atoms with Crippen molar-refractivity contribution in [3.63, 3.8) is 0 Å². The molecule has 0 N–H and O–H groups in total. The normalized spacial score (nSPS) is 9.33. The van der Waals surface area contributed by atoms with Crippen molar-refractivity contribution in [2.75, 3.05) is 0 Å². The van der Waals surface area contributed by atoms with Crippen LogP contribution in [0.3, 0.4) is 0 Å². The average molecular weight is 278 g/mol. The molecule has 2 aromatic rings. The summed E-state index contributed by atoms with van der Waals surface area (Å²) in [5.41, 5.74) is 2.14. The zero-order chi connectivity index (χ0) is 15.3. The lowest BCUT2D eigenvalue weighted by Crippen LogP contribution is -1.92. The van der Waals surface area contributed by atoms with Crippen LogP contribution in [0.1, 0.15) is 11.1 Å². The van der Waals surface area contributed by atoms with Crippen LogP contribution in [0, 0.1) is 0 Å². The first-order chi connectivity index (χ1) is 10.3. The Morgan fingerprint density at radius 3 is 1.81 bits per heavy atom. The highest BCUT2D eigenvalue weighted by atomic mass is 16.5. The minimum atomic E-state index is -0.418. The summed E-state index contributed by atoms with van der Waals surface area (Å²) < 4.78 is 4.50. The molecule has 0 atom stereocenters. The van der Waals surface area contributed by atoms with Crippen molar-refractivity contribution in [3.8, 4) is 0 Å². The Balaban J connectivity index is 0.000000235. The fourth-order valence-corrected chi connectivity index (χ4v) is 1.44. The van der Waals surface area contributed by atoms with Crippen LogP contribution in [0.15, 0.2) is 86.2 Å². The van der Waals surface area contributed by atoms with Gasteiger partial charge in [0.25, 0.3) is 0 Å². The summed E-state index contributed by atoms with van der Waals surface area (Å²) in [7, 11) is 0. The van der Waals surface area contributed by atoms with Crippen molar-refractivity contribution in [1.82, 2.24) is 0 Å². The van der Waals surface area contributed by atoms with Crippen molar-refractivity contribution < 1.29 is 9.53 Å². The quantitative estimate of drug-likeness (QED) is 0.459. The van der Waals surface area contributed by atoms with Crippen LogP contribution in [0.4, 0.5) is 0 Å². The Morgan fingerprint density at radius 2 is 1.38 bits per heavy atom. The predicted octanol–water partition coefficient (Wildman–Crippen LogP) is 4.72. The maximum Gasteiger partial charge on any atom is 0.335 e. The molecule has 21 heavy (non-hydrogen) atoms. The van der Waals surface area contributed by atoms with Crippen LogP contribution in [0.5, 0.6) is 0 Å². The second-order valence-corrected chi connectivity index (χ2v) is 3.96. The van der Waals surface area contributed by atoms with E-state index < -0.39 is 5.97 Å². The molecule has 0 aromatic heterocycles. The lowest BCUT2D eigenvalue weighted by molar-refractivity contribution is -0.132. The van der Waals surface area contributed by atoms with Crippen molar-refractivity contribution in [1.29, 1.82) is 0 Å². The lowest BCUT2D eigenvalue weighted by atomic mass is 10.2. The summed E-state index contributed by atoms with van der Waals surface area (Å²) in [4.78, 5) is 10.8. The number of carbonyl (C=O) groups is 1. The van der Waals surface area contributed by atoms with Gasteiger partial charge in [-0.25, -0.2) is 4.79 Å². The Kier molecular flexibility index (Phi) is 7.69. The van der Waals surface area contributed by atoms with Gasteiger partial charge in [-0.15, -0.1) is 0 Å². The maximum atomic E-state index is 10.8. The van der Waals surface area contributed by atoms with E-state index in [2.05, 4.69) is 17.9 Å². The number of hydrogen-bond acceptors (Lipinski definition) is 2. The molecule has 2 aromatic carbocycles. The summed E-state index contributed by atoms with van der Waals surface area (Å²) in [5, 5.41) is 0. The Hall–Kier alpha value is -2.87. The molecule has 0 aliphatic rings. The standard InChI is InChI=1S/C11H10O2.C8H8/c1-2-13-11(12)9-8-10-6-4-3-5-7-10;1-2-8-6-4-3-5-7-8/h2-9H,1H2;2-7H,1H2/b9-8+;. The highest BCUT2D eigenvalue weighted by molar-refractivity contribution is 5.87. The lowest BCUT2D eigenvalue weighted by Gasteiger charge is -1.91. The first kappa shape index (κ1) is 16.2. The molecule has 2 rings (SSSR count). The number of hydrogen-bond donors (Lipinski definition) is 0. The van der Waals surface area contributed by atoms with E-state index in [1.54, 1.807) is 6.08 Å². The monoisotopic (exact) mass is 278 g/mol. The first-order valence-electron chi connectivity index (χ1n) is 6.48. The molecule has 0 saturated heterocycles. The van der Waals surface area contributed by atoms with E-state index in [1.807, 2.05) is 66.7 Å². The van der Waals surface area contributed by atoms with E-state index in [0.29, 0.717) is 0 Å². The molecule has 0 aliphatic carbocycles. The Bertz CT molecular complexity index is 583. The molecule has 0 heterocycles. The van der Waals surface area contributed by atoms with Gasteiger partial charge in [-0.05, 0) is 17.2 Å². The van der Waals surface area contributed by atoms with Crippen LogP contribution in [0.2, 0.25) is 0 Å². The van der Waals surface area contributed by atoms with Gasteiger partial charge >= 0.3 is 5.97 Å². The highest BCUT2D eigenvalue weighted by Crippen LogP contribution is 2.00.